The van der Waals surface area contributed by atoms with E-state index in [0.717, 1.165) is 29.7 Å². The van der Waals surface area contributed by atoms with Crippen LogP contribution in [-0.2, 0) is 16.1 Å². The van der Waals surface area contributed by atoms with Crippen molar-refractivity contribution in [2.75, 3.05) is 7.11 Å². The molecule has 174 valence electrons. The minimum atomic E-state index is -0.361. The Morgan fingerprint density at radius 3 is 2.59 bits per heavy atom. The number of fused-ring (bicyclic) bond motifs is 1. The predicted molar refractivity (Wildman–Crippen MR) is 132 cm³/mol. The Morgan fingerprint density at radius 1 is 1.15 bits per heavy atom. The van der Waals surface area contributed by atoms with E-state index >= 15 is 0 Å². The van der Waals surface area contributed by atoms with Crippen LogP contribution in [0.3, 0.4) is 0 Å². The second-order valence-corrected chi connectivity index (χ2v) is 8.75. The zero-order valence-corrected chi connectivity index (χ0v) is 19.7. The lowest BCUT2D eigenvalue weighted by Crippen LogP contribution is -2.47. The molecule has 1 aliphatic heterocycles. The summed E-state index contributed by atoms with van der Waals surface area (Å²) in [7, 11) is 1.58. The third-order valence-corrected chi connectivity index (χ3v) is 6.13. The van der Waals surface area contributed by atoms with Crippen molar-refractivity contribution in [2.24, 2.45) is 16.9 Å². The van der Waals surface area contributed by atoms with Crippen molar-refractivity contribution >= 4 is 17.5 Å². The third kappa shape index (κ3) is 5.04. The predicted octanol–water partition coefficient (Wildman–Crippen LogP) is 3.90. The van der Waals surface area contributed by atoms with Crippen LogP contribution < -0.4 is 10.1 Å². The summed E-state index contributed by atoms with van der Waals surface area (Å²) in [6.45, 7) is 4.35. The molecule has 0 saturated heterocycles. The van der Waals surface area contributed by atoms with E-state index < -0.39 is 0 Å². The van der Waals surface area contributed by atoms with Gasteiger partial charge in [0.05, 0.1) is 24.3 Å². The van der Waals surface area contributed by atoms with Gasteiger partial charge in [0, 0.05) is 24.4 Å². The molecule has 1 N–H and O–H groups in total. The lowest BCUT2D eigenvalue weighted by molar-refractivity contribution is -0.139. The Hall–Kier alpha value is -3.85. The average Bonchev–Trinajstić information content (AvgIpc) is 2.87. The summed E-state index contributed by atoms with van der Waals surface area (Å²) < 4.78 is 5.48. The summed E-state index contributed by atoms with van der Waals surface area (Å²) in [4.78, 5) is 25.3. The number of rotatable bonds is 5. The van der Waals surface area contributed by atoms with Gasteiger partial charge >= 0.3 is 0 Å². The van der Waals surface area contributed by atoms with Crippen molar-refractivity contribution in [2.45, 2.75) is 39.3 Å². The summed E-state index contributed by atoms with van der Waals surface area (Å²) in [6.07, 6.45) is 5.70. The molecule has 2 atom stereocenters. The highest BCUT2D eigenvalue weighted by Gasteiger charge is 2.40. The van der Waals surface area contributed by atoms with Gasteiger partial charge in [0.2, 0.25) is 5.91 Å². The molecule has 0 spiro atoms. The van der Waals surface area contributed by atoms with Gasteiger partial charge in [-0.25, -0.2) is 5.01 Å². The average molecular weight is 456 g/mol. The summed E-state index contributed by atoms with van der Waals surface area (Å²) in [6, 6.07) is 15.3. The molecule has 0 saturated carbocycles. The molecule has 0 radical (unpaired) electrons. The number of hydrogen-bond acceptors (Lipinski definition) is 4. The monoisotopic (exact) mass is 455 g/mol. The normalized spacial score (nSPS) is 19.1. The zero-order valence-electron chi connectivity index (χ0n) is 19.7. The Bertz CT molecular complexity index is 1190. The molecule has 0 fully saturated rings. The fourth-order valence-corrected chi connectivity index (χ4v) is 4.35. The maximum atomic E-state index is 13.0. The second kappa shape index (κ2) is 10.4. The standard InChI is InChI=1S/C28H29N3O3/c1-19(2)31-28(33)24-12-8-7-11-23(24)27(30-31)22-13-15-25(34-3)21(17-22)14-16-26(32)29-18-20-9-5-4-6-10-20/h4-10,13,15,17,19,23-24H,11-12,18H2,1-3H3,(H,29,32). The third-order valence-electron chi connectivity index (χ3n) is 6.13. The number of hydrogen-bond donors (Lipinski definition) is 1. The molecule has 2 aromatic rings. The van der Waals surface area contributed by atoms with Crippen molar-refractivity contribution in [3.8, 4) is 17.6 Å². The molecule has 4 rings (SSSR count). The minimum Gasteiger partial charge on any atom is -0.495 e. The van der Waals surface area contributed by atoms with E-state index in [0.29, 0.717) is 17.9 Å². The number of amides is 2. The summed E-state index contributed by atoms with van der Waals surface area (Å²) in [5, 5.41) is 9.19. The molecule has 0 bridgehead atoms. The van der Waals surface area contributed by atoms with Crippen molar-refractivity contribution in [1.82, 2.24) is 10.3 Å². The first-order valence-corrected chi connectivity index (χ1v) is 11.6. The van der Waals surface area contributed by atoms with E-state index in [9.17, 15) is 9.59 Å². The number of benzene rings is 2. The van der Waals surface area contributed by atoms with Gasteiger partial charge in [-0.15, -0.1) is 0 Å². The molecule has 34 heavy (non-hydrogen) atoms. The van der Waals surface area contributed by atoms with E-state index in [1.807, 2.05) is 62.4 Å². The largest absolute Gasteiger partial charge is 0.495 e. The molecule has 2 unspecified atom stereocenters. The van der Waals surface area contributed by atoms with Crippen LogP contribution in [0.1, 0.15) is 43.4 Å². The second-order valence-electron chi connectivity index (χ2n) is 8.75. The lowest BCUT2D eigenvalue weighted by atomic mass is 9.76. The van der Waals surface area contributed by atoms with Gasteiger partial charge in [-0.3, -0.25) is 9.59 Å². The number of nitrogens with one attached hydrogen (secondary N) is 1. The Kier molecular flexibility index (Phi) is 7.12. The van der Waals surface area contributed by atoms with Gasteiger partial charge in [-0.05, 0) is 56.0 Å². The summed E-state index contributed by atoms with van der Waals surface area (Å²) in [5.41, 5.74) is 3.38. The van der Waals surface area contributed by atoms with Crippen LogP contribution in [0, 0.1) is 23.7 Å². The highest BCUT2D eigenvalue weighted by atomic mass is 16.5. The van der Waals surface area contributed by atoms with Gasteiger partial charge in [0.1, 0.15) is 5.75 Å². The fraction of sp³-hybridized carbons (Fsp3) is 0.321. The maximum Gasteiger partial charge on any atom is 0.296 e. The molecular formula is C28H29N3O3. The van der Waals surface area contributed by atoms with Crippen molar-refractivity contribution < 1.29 is 14.3 Å². The number of hydrazone groups is 1. The molecule has 6 heteroatoms. The molecule has 2 amide bonds. The fourth-order valence-electron chi connectivity index (χ4n) is 4.35. The molecule has 1 heterocycles. The van der Waals surface area contributed by atoms with Crippen LogP contribution >= 0.6 is 0 Å². The number of allylic oxidation sites excluding steroid dienone is 2. The maximum absolute atomic E-state index is 13.0. The van der Waals surface area contributed by atoms with Crippen LogP contribution in [0.15, 0.2) is 65.8 Å². The van der Waals surface area contributed by atoms with E-state index in [-0.39, 0.29) is 29.7 Å². The first kappa shape index (κ1) is 23.3. The summed E-state index contributed by atoms with van der Waals surface area (Å²) in [5.74, 6) is 5.84. The van der Waals surface area contributed by atoms with Crippen LogP contribution in [0.2, 0.25) is 0 Å². The Balaban J connectivity index is 1.61. The van der Waals surface area contributed by atoms with E-state index in [4.69, 9.17) is 9.84 Å². The smallest absolute Gasteiger partial charge is 0.296 e. The lowest BCUT2D eigenvalue weighted by Gasteiger charge is -2.38. The molecule has 2 aliphatic rings. The van der Waals surface area contributed by atoms with Gasteiger partial charge in [-0.1, -0.05) is 48.4 Å². The van der Waals surface area contributed by atoms with Crippen molar-refractivity contribution in [3.05, 3.63) is 77.4 Å². The van der Waals surface area contributed by atoms with Crippen LogP contribution in [0.5, 0.6) is 5.75 Å². The number of methoxy groups -OCH3 is 1. The van der Waals surface area contributed by atoms with Crippen molar-refractivity contribution in [1.29, 1.82) is 0 Å². The van der Waals surface area contributed by atoms with Gasteiger partial charge in [0.15, 0.2) is 0 Å². The van der Waals surface area contributed by atoms with Gasteiger partial charge in [0.25, 0.3) is 5.91 Å². The van der Waals surface area contributed by atoms with Crippen LogP contribution in [0.25, 0.3) is 0 Å². The van der Waals surface area contributed by atoms with Crippen molar-refractivity contribution in [3.63, 3.8) is 0 Å². The molecule has 1 aliphatic carbocycles. The topological polar surface area (TPSA) is 71.0 Å². The highest BCUT2D eigenvalue weighted by Crippen LogP contribution is 2.36. The van der Waals surface area contributed by atoms with E-state index in [2.05, 4.69) is 29.3 Å². The van der Waals surface area contributed by atoms with Gasteiger partial charge < -0.3 is 10.1 Å². The van der Waals surface area contributed by atoms with E-state index in [1.165, 1.54) is 0 Å². The molecule has 0 aromatic heterocycles. The zero-order chi connectivity index (χ0) is 24.1. The minimum absolute atomic E-state index is 0.0240. The first-order valence-electron chi connectivity index (χ1n) is 11.6. The highest BCUT2D eigenvalue weighted by molar-refractivity contribution is 6.07. The number of nitrogens with zero attached hydrogens (tertiary/aromatic N) is 2. The SMILES string of the molecule is COc1ccc(C2=NN(C(C)C)C(=O)C3CC=CCC23)cc1C#CC(=O)NCc1ccccc1. The first-order chi connectivity index (χ1) is 16.5. The Labute approximate surface area is 200 Å². The number of ether oxygens (including phenoxy) is 1. The number of carbonyl (C=O) groups is 2. The number of carbonyl (C=O) groups excluding carboxylic acids is 2. The molecule has 2 aromatic carbocycles. The molecule has 6 nitrogen and oxygen atoms in total. The Morgan fingerprint density at radius 2 is 1.88 bits per heavy atom. The van der Waals surface area contributed by atoms with Gasteiger partial charge in [-0.2, -0.15) is 5.10 Å². The molecular weight excluding hydrogens is 426 g/mol. The quantitative estimate of drug-likeness (QED) is 0.549. The van der Waals surface area contributed by atoms with Crippen LogP contribution in [-0.4, -0.2) is 35.7 Å². The van der Waals surface area contributed by atoms with Crippen LogP contribution in [0.4, 0.5) is 0 Å². The van der Waals surface area contributed by atoms with E-state index in [1.54, 1.807) is 12.1 Å². The summed E-state index contributed by atoms with van der Waals surface area (Å²) >= 11 is 0.